The molecule has 0 aliphatic heterocycles. The second-order valence-electron chi connectivity index (χ2n) is 6.06. The van der Waals surface area contributed by atoms with E-state index in [4.69, 9.17) is 10.5 Å². The van der Waals surface area contributed by atoms with E-state index < -0.39 is 5.54 Å². The van der Waals surface area contributed by atoms with Crippen LogP contribution in [-0.2, 0) is 9.53 Å². The fraction of sp³-hybridized carbons (Fsp3) is 0.933. The van der Waals surface area contributed by atoms with E-state index >= 15 is 0 Å². The molecule has 2 unspecified atom stereocenters. The number of nitrogens with one attached hydrogen (secondary N) is 1. The van der Waals surface area contributed by atoms with E-state index in [1.54, 1.807) is 0 Å². The van der Waals surface area contributed by atoms with Gasteiger partial charge in [0.15, 0.2) is 0 Å². The first-order chi connectivity index (χ1) is 8.98. The molecule has 0 aromatic carbocycles. The van der Waals surface area contributed by atoms with Crippen molar-refractivity contribution < 1.29 is 9.53 Å². The maximum atomic E-state index is 11.6. The highest BCUT2D eigenvalue weighted by Crippen LogP contribution is 2.25. The Morgan fingerprint density at radius 3 is 2.63 bits per heavy atom. The summed E-state index contributed by atoms with van der Waals surface area (Å²) in [5.74, 6) is -0.277. The number of primary amides is 1. The minimum atomic E-state index is -0.635. The van der Waals surface area contributed by atoms with Crippen molar-refractivity contribution in [1.29, 1.82) is 0 Å². The Labute approximate surface area is 117 Å². The Morgan fingerprint density at radius 1 is 1.42 bits per heavy atom. The van der Waals surface area contributed by atoms with E-state index in [0.717, 1.165) is 25.9 Å². The van der Waals surface area contributed by atoms with Crippen molar-refractivity contribution in [1.82, 2.24) is 5.32 Å². The minimum Gasteiger partial charge on any atom is -0.378 e. The summed E-state index contributed by atoms with van der Waals surface area (Å²) >= 11 is 0. The molecule has 2 atom stereocenters. The van der Waals surface area contributed by atoms with Gasteiger partial charge >= 0.3 is 0 Å². The van der Waals surface area contributed by atoms with Crippen LogP contribution in [0.4, 0.5) is 0 Å². The number of nitrogens with two attached hydrogens (primary N) is 1. The summed E-state index contributed by atoms with van der Waals surface area (Å²) in [5.41, 5.74) is 4.90. The molecule has 19 heavy (non-hydrogen) atoms. The first-order valence-electron chi connectivity index (χ1n) is 7.67. The standard InChI is InChI=1S/C15H30N2O2/c1-4-5-6-7-10-19-12(2)11-15(3,14(16)18)17-13-8-9-13/h12-13,17H,4-11H2,1-3H3,(H2,16,18). The largest absolute Gasteiger partial charge is 0.378 e. The first kappa shape index (κ1) is 16.4. The predicted octanol–water partition coefficient (Wildman–Crippen LogP) is 2.36. The van der Waals surface area contributed by atoms with Gasteiger partial charge in [0.05, 0.1) is 11.6 Å². The van der Waals surface area contributed by atoms with Crippen LogP contribution in [0.3, 0.4) is 0 Å². The van der Waals surface area contributed by atoms with Crippen LogP contribution in [0.25, 0.3) is 0 Å². The monoisotopic (exact) mass is 270 g/mol. The number of carbonyl (C=O) groups is 1. The first-order valence-corrected chi connectivity index (χ1v) is 7.67. The van der Waals surface area contributed by atoms with Crippen LogP contribution in [0.1, 0.15) is 65.7 Å². The fourth-order valence-corrected chi connectivity index (χ4v) is 2.36. The van der Waals surface area contributed by atoms with Crippen LogP contribution in [-0.4, -0.2) is 30.2 Å². The van der Waals surface area contributed by atoms with E-state index in [2.05, 4.69) is 12.2 Å². The molecule has 0 bridgehead atoms. The highest BCUT2D eigenvalue weighted by molar-refractivity contribution is 5.84. The van der Waals surface area contributed by atoms with Gasteiger partial charge in [-0.15, -0.1) is 0 Å². The maximum Gasteiger partial charge on any atom is 0.237 e. The van der Waals surface area contributed by atoms with Gasteiger partial charge in [0.25, 0.3) is 0 Å². The molecule has 4 nitrogen and oxygen atoms in total. The summed E-state index contributed by atoms with van der Waals surface area (Å²) in [6.07, 6.45) is 7.82. The molecule has 4 heteroatoms. The smallest absolute Gasteiger partial charge is 0.237 e. The normalized spacial score (nSPS) is 19.9. The number of unbranched alkanes of at least 4 members (excludes halogenated alkanes) is 3. The molecule has 112 valence electrons. The Bertz CT molecular complexity index is 279. The van der Waals surface area contributed by atoms with Crippen molar-refractivity contribution in [2.45, 2.75) is 83.4 Å². The summed E-state index contributed by atoms with van der Waals surface area (Å²) < 4.78 is 5.79. The fourth-order valence-electron chi connectivity index (χ4n) is 2.36. The third kappa shape index (κ3) is 6.39. The number of rotatable bonds is 11. The predicted molar refractivity (Wildman–Crippen MR) is 77.9 cm³/mol. The molecular formula is C15H30N2O2. The van der Waals surface area contributed by atoms with Gasteiger partial charge in [-0.2, -0.15) is 0 Å². The van der Waals surface area contributed by atoms with Gasteiger partial charge in [-0.05, 0) is 33.1 Å². The van der Waals surface area contributed by atoms with Gasteiger partial charge in [-0.25, -0.2) is 0 Å². The molecule has 1 rings (SSSR count). The Kier molecular flexibility index (Phi) is 6.80. The summed E-state index contributed by atoms with van der Waals surface area (Å²) in [6, 6.07) is 0.467. The Balaban J connectivity index is 2.26. The summed E-state index contributed by atoms with van der Waals surface area (Å²) in [7, 11) is 0. The van der Waals surface area contributed by atoms with Crippen LogP contribution in [0.5, 0.6) is 0 Å². The molecular weight excluding hydrogens is 240 g/mol. The lowest BCUT2D eigenvalue weighted by Gasteiger charge is -2.30. The molecule has 1 aliphatic carbocycles. The minimum absolute atomic E-state index is 0.0605. The molecule has 1 amide bonds. The number of hydrogen-bond acceptors (Lipinski definition) is 3. The van der Waals surface area contributed by atoms with Crippen molar-refractivity contribution in [2.75, 3.05) is 6.61 Å². The lowest BCUT2D eigenvalue weighted by molar-refractivity contribution is -0.125. The molecule has 0 saturated heterocycles. The van der Waals surface area contributed by atoms with Crippen LogP contribution >= 0.6 is 0 Å². The van der Waals surface area contributed by atoms with Crippen LogP contribution < -0.4 is 11.1 Å². The SMILES string of the molecule is CCCCCCOC(C)CC(C)(NC1CC1)C(N)=O. The lowest BCUT2D eigenvalue weighted by Crippen LogP contribution is -2.55. The maximum absolute atomic E-state index is 11.6. The molecule has 1 saturated carbocycles. The van der Waals surface area contributed by atoms with E-state index in [1.165, 1.54) is 19.3 Å². The van der Waals surface area contributed by atoms with Gasteiger partial charge in [-0.1, -0.05) is 26.2 Å². The molecule has 3 N–H and O–H groups in total. The average molecular weight is 270 g/mol. The number of hydrogen-bond donors (Lipinski definition) is 2. The topological polar surface area (TPSA) is 64.3 Å². The molecule has 0 aromatic rings. The van der Waals surface area contributed by atoms with Crippen LogP contribution in [0.15, 0.2) is 0 Å². The second-order valence-corrected chi connectivity index (χ2v) is 6.06. The quantitative estimate of drug-likeness (QED) is 0.566. The number of amides is 1. The Morgan fingerprint density at radius 2 is 2.11 bits per heavy atom. The zero-order valence-corrected chi connectivity index (χ0v) is 12.7. The highest BCUT2D eigenvalue weighted by Gasteiger charge is 2.38. The van der Waals surface area contributed by atoms with Crippen molar-refractivity contribution >= 4 is 5.91 Å². The third-order valence-electron chi connectivity index (χ3n) is 3.74. The van der Waals surface area contributed by atoms with Gasteiger partial charge in [-0.3, -0.25) is 4.79 Å². The molecule has 1 aliphatic rings. The molecule has 0 spiro atoms. The van der Waals surface area contributed by atoms with E-state index in [9.17, 15) is 4.79 Å². The van der Waals surface area contributed by atoms with Crippen LogP contribution in [0.2, 0.25) is 0 Å². The van der Waals surface area contributed by atoms with Gasteiger partial charge in [0, 0.05) is 19.1 Å². The zero-order chi connectivity index (χ0) is 14.3. The van der Waals surface area contributed by atoms with E-state index in [-0.39, 0.29) is 12.0 Å². The Hall–Kier alpha value is -0.610. The van der Waals surface area contributed by atoms with Crippen molar-refractivity contribution in [2.24, 2.45) is 5.73 Å². The molecule has 0 radical (unpaired) electrons. The average Bonchev–Trinajstić information content (AvgIpc) is 3.12. The second kappa shape index (κ2) is 7.85. The van der Waals surface area contributed by atoms with Gasteiger partial charge in [0.1, 0.15) is 0 Å². The van der Waals surface area contributed by atoms with E-state index in [0.29, 0.717) is 12.5 Å². The van der Waals surface area contributed by atoms with Crippen molar-refractivity contribution in [3.05, 3.63) is 0 Å². The van der Waals surface area contributed by atoms with Crippen LogP contribution in [0, 0.1) is 0 Å². The molecule has 0 aromatic heterocycles. The molecule has 1 fully saturated rings. The van der Waals surface area contributed by atoms with Gasteiger partial charge < -0.3 is 15.8 Å². The number of ether oxygens (including phenoxy) is 1. The summed E-state index contributed by atoms with van der Waals surface area (Å²) in [6.45, 7) is 6.89. The summed E-state index contributed by atoms with van der Waals surface area (Å²) in [5, 5.41) is 3.35. The van der Waals surface area contributed by atoms with E-state index in [1.807, 2.05) is 13.8 Å². The summed E-state index contributed by atoms with van der Waals surface area (Å²) in [4.78, 5) is 11.6. The van der Waals surface area contributed by atoms with Gasteiger partial charge in [0.2, 0.25) is 5.91 Å². The molecule has 0 heterocycles. The van der Waals surface area contributed by atoms with Crippen molar-refractivity contribution in [3.8, 4) is 0 Å². The lowest BCUT2D eigenvalue weighted by atomic mass is 9.93. The van der Waals surface area contributed by atoms with Crippen molar-refractivity contribution in [3.63, 3.8) is 0 Å². The highest BCUT2D eigenvalue weighted by atomic mass is 16.5. The zero-order valence-electron chi connectivity index (χ0n) is 12.7. The number of carbonyl (C=O) groups excluding carboxylic acids is 1. The third-order valence-corrected chi connectivity index (χ3v) is 3.74.